The Morgan fingerprint density at radius 2 is 2.20 bits per heavy atom. The van der Waals surface area contributed by atoms with Gasteiger partial charge in [0.05, 0.1) is 0 Å². The van der Waals surface area contributed by atoms with Crippen LogP contribution in [0.15, 0.2) is 11.4 Å². The molecular formula is C2H5AsO2. The van der Waals surface area contributed by atoms with Gasteiger partial charge in [0.15, 0.2) is 0 Å². The first-order valence-corrected chi connectivity index (χ1v) is 4.13. The van der Waals surface area contributed by atoms with Gasteiger partial charge in [-0.15, -0.1) is 0 Å². The molecule has 1 unspecified atom stereocenters. The summed E-state index contributed by atoms with van der Waals surface area (Å²) in [5.74, 6) is 0. The van der Waals surface area contributed by atoms with Crippen molar-refractivity contribution >= 4 is 14.9 Å². The fourth-order valence-electron chi connectivity index (χ4n) is 0. The minimum absolute atomic E-state index is 1.08. The van der Waals surface area contributed by atoms with Crippen LogP contribution in [0.4, 0.5) is 0 Å². The van der Waals surface area contributed by atoms with Crippen LogP contribution in [0.2, 0.25) is 0 Å². The van der Waals surface area contributed by atoms with E-state index in [1.54, 1.807) is 0 Å². The van der Waals surface area contributed by atoms with Gasteiger partial charge in [0.25, 0.3) is 0 Å². The molecule has 1 N–H and O–H groups in total. The average molecular weight is 136 g/mol. The second-order valence-corrected chi connectivity index (χ2v) is 2.82. The molecule has 1 atom stereocenters. The van der Waals surface area contributed by atoms with Gasteiger partial charge in [0.1, 0.15) is 0 Å². The first-order chi connectivity index (χ1) is 2.27. The fourth-order valence-corrected chi connectivity index (χ4v) is 0. The van der Waals surface area contributed by atoms with Crippen LogP contribution < -0.4 is 0 Å². The van der Waals surface area contributed by atoms with Gasteiger partial charge < -0.3 is 0 Å². The van der Waals surface area contributed by atoms with Crippen molar-refractivity contribution < 1.29 is 7.84 Å². The SMILES string of the molecule is C=C[AsH](=O)O. The summed E-state index contributed by atoms with van der Waals surface area (Å²) >= 11 is -2.84. The minimum atomic E-state index is -2.84. The third kappa shape index (κ3) is 4.06. The molecule has 0 rings (SSSR count). The standard InChI is InChI=1S/C2H5AsO2/c1-2-3(4)5/h2-3H,1H2,(H,4,5). The maximum absolute atomic E-state index is 9.50. The molecule has 3 heteroatoms. The Morgan fingerprint density at radius 1 is 2.00 bits per heavy atom. The second-order valence-electron chi connectivity index (χ2n) is 0.542. The average Bonchev–Trinajstić information content (AvgIpc) is 1.38. The van der Waals surface area contributed by atoms with E-state index in [2.05, 4.69) is 6.58 Å². The summed E-state index contributed by atoms with van der Waals surface area (Å²) in [7, 11) is 0. The van der Waals surface area contributed by atoms with Crippen LogP contribution in [-0.2, 0) is 3.74 Å². The molecule has 0 aromatic carbocycles. The summed E-state index contributed by atoms with van der Waals surface area (Å²) in [4.78, 5) is 1.08. The Bertz CT molecular complexity index is 58.7. The normalized spacial score (nSPS) is 13.8. The molecule has 30 valence electrons. The number of hydrogen-bond acceptors (Lipinski definition) is 1. The van der Waals surface area contributed by atoms with Crippen LogP contribution in [0, 0.1) is 0 Å². The molecule has 0 saturated carbocycles. The molecule has 0 aromatic rings. The van der Waals surface area contributed by atoms with E-state index in [0.717, 1.165) is 4.86 Å². The molecule has 0 aliphatic rings. The van der Waals surface area contributed by atoms with Gasteiger partial charge in [-0.2, -0.15) is 0 Å². The molecule has 0 heterocycles. The van der Waals surface area contributed by atoms with Crippen molar-refractivity contribution in [1.82, 2.24) is 0 Å². The predicted octanol–water partition coefficient (Wildman–Crippen LogP) is -0.645. The Morgan fingerprint density at radius 3 is 2.20 bits per heavy atom. The maximum atomic E-state index is 9.50. The topological polar surface area (TPSA) is 37.3 Å². The van der Waals surface area contributed by atoms with Crippen molar-refractivity contribution in [3.05, 3.63) is 11.4 Å². The van der Waals surface area contributed by atoms with Gasteiger partial charge >= 0.3 is 34.2 Å². The number of hydrogen-bond donors (Lipinski definition) is 1. The zero-order chi connectivity index (χ0) is 4.28. The van der Waals surface area contributed by atoms with Crippen molar-refractivity contribution in [1.29, 1.82) is 0 Å². The molecule has 0 amide bonds. The molecule has 0 aliphatic carbocycles. The van der Waals surface area contributed by atoms with Crippen LogP contribution in [0.1, 0.15) is 0 Å². The van der Waals surface area contributed by atoms with Crippen LogP contribution in [0.25, 0.3) is 0 Å². The molecule has 0 saturated heterocycles. The van der Waals surface area contributed by atoms with E-state index in [-0.39, 0.29) is 0 Å². The second kappa shape index (κ2) is 2.30. The zero-order valence-electron chi connectivity index (χ0n) is 2.64. The Labute approximate surface area is 35.0 Å². The molecule has 0 spiro atoms. The first-order valence-electron chi connectivity index (χ1n) is 1.12. The van der Waals surface area contributed by atoms with Gasteiger partial charge in [-0.1, -0.05) is 0 Å². The molecule has 0 fully saturated rings. The van der Waals surface area contributed by atoms with E-state index < -0.39 is 14.9 Å². The van der Waals surface area contributed by atoms with Gasteiger partial charge in [-0.05, 0) is 0 Å². The molecule has 0 aliphatic heterocycles. The van der Waals surface area contributed by atoms with Gasteiger partial charge in [0.2, 0.25) is 0 Å². The van der Waals surface area contributed by atoms with E-state index in [1.165, 1.54) is 0 Å². The summed E-state index contributed by atoms with van der Waals surface area (Å²) in [5, 5.41) is 0. The van der Waals surface area contributed by atoms with Crippen LogP contribution in [-0.4, -0.2) is 19.0 Å². The van der Waals surface area contributed by atoms with Crippen molar-refractivity contribution in [3.8, 4) is 0 Å². The molecule has 0 aromatic heterocycles. The zero-order valence-corrected chi connectivity index (χ0v) is 4.74. The van der Waals surface area contributed by atoms with E-state index in [1.807, 2.05) is 0 Å². The Balaban J connectivity index is 3.20. The molecule has 0 radical (unpaired) electrons. The van der Waals surface area contributed by atoms with E-state index in [9.17, 15) is 3.74 Å². The third-order valence-corrected chi connectivity index (χ3v) is 0.907. The van der Waals surface area contributed by atoms with E-state index in [4.69, 9.17) is 4.10 Å². The van der Waals surface area contributed by atoms with Gasteiger partial charge in [-0.3, -0.25) is 0 Å². The first kappa shape index (κ1) is 5.06. The third-order valence-electron chi connectivity index (χ3n) is 0.175. The quantitative estimate of drug-likeness (QED) is 0.486. The van der Waals surface area contributed by atoms with E-state index in [0.29, 0.717) is 0 Å². The Hall–Kier alpha value is 0.0584. The van der Waals surface area contributed by atoms with Gasteiger partial charge in [-0.25, -0.2) is 0 Å². The van der Waals surface area contributed by atoms with Crippen molar-refractivity contribution in [2.75, 3.05) is 0 Å². The van der Waals surface area contributed by atoms with Gasteiger partial charge in [0, 0.05) is 0 Å². The summed E-state index contributed by atoms with van der Waals surface area (Å²) in [5.41, 5.74) is 0. The van der Waals surface area contributed by atoms with Crippen molar-refractivity contribution in [2.45, 2.75) is 0 Å². The van der Waals surface area contributed by atoms with Crippen LogP contribution >= 0.6 is 0 Å². The summed E-state index contributed by atoms with van der Waals surface area (Å²) in [6, 6.07) is 0. The summed E-state index contributed by atoms with van der Waals surface area (Å²) in [6.45, 7) is 3.07. The molecule has 0 bridgehead atoms. The molecular weight excluding hydrogens is 131 g/mol. The summed E-state index contributed by atoms with van der Waals surface area (Å²) in [6.07, 6.45) is 0. The molecule has 5 heavy (non-hydrogen) atoms. The summed E-state index contributed by atoms with van der Waals surface area (Å²) < 4.78 is 17.4. The van der Waals surface area contributed by atoms with Crippen molar-refractivity contribution in [2.24, 2.45) is 0 Å². The van der Waals surface area contributed by atoms with E-state index >= 15 is 0 Å². The Kier molecular flexibility index (Phi) is 2.33. The predicted molar refractivity (Wildman–Crippen MR) is 20.3 cm³/mol. The van der Waals surface area contributed by atoms with Crippen LogP contribution in [0.5, 0.6) is 0 Å². The molecule has 2 nitrogen and oxygen atoms in total. The van der Waals surface area contributed by atoms with Crippen molar-refractivity contribution in [3.63, 3.8) is 0 Å². The van der Waals surface area contributed by atoms with Crippen LogP contribution in [0.3, 0.4) is 0 Å². The monoisotopic (exact) mass is 136 g/mol. The number of rotatable bonds is 1. The fraction of sp³-hybridized carbons (Fsp3) is 0.